The van der Waals surface area contributed by atoms with Gasteiger partial charge in [0.2, 0.25) is 0 Å². The van der Waals surface area contributed by atoms with Gasteiger partial charge in [-0.3, -0.25) is 0 Å². The fourth-order valence-corrected chi connectivity index (χ4v) is 12.2. The number of hydrogen-bond acceptors (Lipinski definition) is 3. The van der Waals surface area contributed by atoms with Crippen LogP contribution in [0.15, 0.2) is 140 Å². The van der Waals surface area contributed by atoms with Crippen LogP contribution in [0, 0.1) is 0 Å². The standard InChI is InChI=1S/C42H29N3SSi/c1-47(2)36-19-11-8-16-31(36)40-41(47)39(26-12-4-3-5-13-26)43-42(44-40)27-20-22-28(23-21-27)45-32-17-9-6-14-29(32)37-33(45)24-25-35-38(37)30-15-7-10-18-34(30)46-35/h3-25H,1-2H3. The molecule has 0 N–H and O–H groups in total. The van der Waals surface area contributed by atoms with Gasteiger partial charge in [0, 0.05) is 47.8 Å². The Morgan fingerprint density at radius 2 is 1.23 bits per heavy atom. The zero-order valence-electron chi connectivity index (χ0n) is 26.0. The van der Waals surface area contributed by atoms with E-state index in [1.807, 2.05) is 11.3 Å². The van der Waals surface area contributed by atoms with Gasteiger partial charge in [0.25, 0.3) is 0 Å². The summed E-state index contributed by atoms with van der Waals surface area (Å²) < 4.78 is 5.06. The van der Waals surface area contributed by atoms with Gasteiger partial charge in [-0.2, -0.15) is 0 Å². The Hall–Kier alpha value is -5.36. The van der Waals surface area contributed by atoms with Crippen molar-refractivity contribution in [2.24, 2.45) is 0 Å². The number of benzene rings is 6. The summed E-state index contributed by atoms with van der Waals surface area (Å²) in [6, 6.07) is 50.5. The molecule has 0 fully saturated rings. The van der Waals surface area contributed by atoms with Gasteiger partial charge >= 0.3 is 0 Å². The Morgan fingerprint density at radius 1 is 0.532 bits per heavy atom. The van der Waals surface area contributed by atoms with Crippen LogP contribution in [-0.2, 0) is 0 Å². The third-order valence-corrected chi connectivity index (χ3v) is 14.6. The smallest absolute Gasteiger partial charge is 0.160 e. The lowest BCUT2D eigenvalue weighted by molar-refractivity contribution is 1.17. The second kappa shape index (κ2) is 9.82. The van der Waals surface area contributed by atoms with E-state index in [0.29, 0.717) is 0 Å². The van der Waals surface area contributed by atoms with Crippen LogP contribution in [0.2, 0.25) is 13.1 Å². The van der Waals surface area contributed by atoms with Crippen molar-refractivity contribution in [3.05, 3.63) is 140 Å². The predicted octanol–water partition coefficient (Wildman–Crippen LogP) is 10.1. The molecule has 0 atom stereocenters. The summed E-state index contributed by atoms with van der Waals surface area (Å²) in [5, 5.41) is 8.05. The highest BCUT2D eigenvalue weighted by Gasteiger charge is 2.41. The highest BCUT2D eigenvalue weighted by molar-refractivity contribution is 7.26. The van der Waals surface area contributed by atoms with Gasteiger partial charge in [0.15, 0.2) is 5.82 Å². The molecule has 4 heterocycles. The number of fused-ring (bicyclic) bond motifs is 10. The summed E-state index contributed by atoms with van der Waals surface area (Å²) in [5.74, 6) is 0.768. The largest absolute Gasteiger partial charge is 0.309 e. The van der Waals surface area contributed by atoms with Crippen molar-refractivity contribution in [1.29, 1.82) is 0 Å². The first-order valence-electron chi connectivity index (χ1n) is 16.1. The van der Waals surface area contributed by atoms with Crippen molar-refractivity contribution < 1.29 is 0 Å². The maximum Gasteiger partial charge on any atom is 0.160 e. The van der Waals surface area contributed by atoms with Crippen molar-refractivity contribution in [3.8, 4) is 39.6 Å². The molecule has 0 bridgehead atoms. The van der Waals surface area contributed by atoms with E-state index in [0.717, 1.165) is 34.0 Å². The van der Waals surface area contributed by atoms with E-state index in [1.54, 1.807) is 0 Å². The van der Waals surface area contributed by atoms with Crippen molar-refractivity contribution in [2.45, 2.75) is 13.1 Å². The molecule has 1 aliphatic heterocycles. The third kappa shape index (κ3) is 3.78. The van der Waals surface area contributed by atoms with E-state index in [2.05, 4.69) is 157 Å². The van der Waals surface area contributed by atoms with Crippen molar-refractivity contribution in [2.75, 3.05) is 0 Å². The maximum atomic E-state index is 5.33. The molecule has 0 aliphatic carbocycles. The Labute approximate surface area is 277 Å². The lowest BCUT2D eigenvalue weighted by Gasteiger charge is -2.21. The second-order valence-electron chi connectivity index (χ2n) is 13.0. The highest BCUT2D eigenvalue weighted by atomic mass is 32.1. The molecule has 0 spiro atoms. The number of para-hydroxylation sites is 1. The molecule has 6 aromatic carbocycles. The molecule has 9 aromatic rings. The second-order valence-corrected chi connectivity index (χ2v) is 18.4. The minimum absolute atomic E-state index is 0.768. The van der Waals surface area contributed by atoms with Crippen molar-refractivity contribution in [3.63, 3.8) is 0 Å². The fourth-order valence-electron chi connectivity index (χ4n) is 7.86. The number of rotatable bonds is 3. The van der Waals surface area contributed by atoms with Gasteiger partial charge in [-0.15, -0.1) is 11.3 Å². The molecular formula is C42H29N3SSi. The van der Waals surface area contributed by atoms with Gasteiger partial charge in [0.05, 0.1) is 22.4 Å². The van der Waals surface area contributed by atoms with Gasteiger partial charge in [-0.05, 0) is 64.5 Å². The quantitative estimate of drug-likeness (QED) is 0.181. The van der Waals surface area contributed by atoms with Crippen LogP contribution >= 0.6 is 11.3 Å². The van der Waals surface area contributed by atoms with Crippen LogP contribution in [0.25, 0.3) is 81.6 Å². The molecule has 0 saturated carbocycles. The SMILES string of the molecule is C[Si]1(C)c2ccccc2-c2nc(-c3ccc(-n4c5ccccc5c5c6c(ccc54)sc4ccccc46)cc3)nc(-c3ccccc3)c21. The van der Waals surface area contributed by atoms with Crippen LogP contribution in [0.4, 0.5) is 0 Å². The monoisotopic (exact) mass is 635 g/mol. The molecule has 3 aromatic heterocycles. The molecule has 0 radical (unpaired) electrons. The minimum atomic E-state index is -1.99. The van der Waals surface area contributed by atoms with Crippen molar-refractivity contribution in [1.82, 2.24) is 14.5 Å². The summed E-state index contributed by atoms with van der Waals surface area (Å²) in [4.78, 5) is 10.6. The van der Waals surface area contributed by atoms with E-state index in [1.165, 1.54) is 57.9 Å². The fraction of sp³-hybridized carbons (Fsp3) is 0.0476. The first-order chi connectivity index (χ1) is 23.1. The number of aromatic nitrogens is 3. The van der Waals surface area contributed by atoms with Crippen LogP contribution in [0.1, 0.15) is 0 Å². The molecule has 10 rings (SSSR count). The molecule has 0 saturated heterocycles. The molecule has 47 heavy (non-hydrogen) atoms. The molecule has 3 nitrogen and oxygen atoms in total. The summed E-state index contributed by atoms with van der Waals surface area (Å²) in [6.45, 7) is 4.86. The number of hydrogen-bond donors (Lipinski definition) is 0. The molecule has 0 unspecified atom stereocenters. The third-order valence-electron chi connectivity index (χ3n) is 10.00. The summed E-state index contributed by atoms with van der Waals surface area (Å²) in [5.41, 5.74) is 9.15. The van der Waals surface area contributed by atoms with E-state index >= 15 is 0 Å². The van der Waals surface area contributed by atoms with Crippen LogP contribution in [-0.4, -0.2) is 22.6 Å². The Bertz CT molecular complexity index is 2700. The summed E-state index contributed by atoms with van der Waals surface area (Å²) in [6.07, 6.45) is 0. The summed E-state index contributed by atoms with van der Waals surface area (Å²) >= 11 is 1.87. The summed E-state index contributed by atoms with van der Waals surface area (Å²) in [7, 11) is -1.99. The van der Waals surface area contributed by atoms with E-state index < -0.39 is 8.07 Å². The first kappa shape index (κ1) is 26.8. The minimum Gasteiger partial charge on any atom is -0.309 e. The molecule has 0 amide bonds. The van der Waals surface area contributed by atoms with Gasteiger partial charge < -0.3 is 4.57 Å². The zero-order valence-corrected chi connectivity index (χ0v) is 27.8. The molecule has 222 valence electrons. The Balaban J connectivity index is 1.17. The van der Waals surface area contributed by atoms with Crippen molar-refractivity contribution >= 4 is 71.8 Å². The number of thiophene rings is 1. The Kier molecular flexibility index (Phi) is 5.60. The predicted molar refractivity (Wildman–Crippen MR) is 202 cm³/mol. The lowest BCUT2D eigenvalue weighted by Crippen LogP contribution is -2.50. The topological polar surface area (TPSA) is 30.7 Å². The van der Waals surface area contributed by atoms with E-state index in [9.17, 15) is 0 Å². The zero-order chi connectivity index (χ0) is 31.3. The van der Waals surface area contributed by atoms with Crippen LogP contribution < -0.4 is 10.4 Å². The van der Waals surface area contributed by atoms with Crippen LogP contribution in [0.3, 0.4) is 0 Å². The highest BCUT2D eigenvalue weighted by Crippen LogP contribution is 2.43. The average molecular weight is 636 g/mol. The van der Waals surface area contributed by atoms with Gasteiger partial charge in [-0.25, -0.2) is 9.97 Å². The molecule has 5 heteroatoms. The molecular weight excluding hydrogens is 607 g/mol. The van der Waals surface area contributed by atoms with E-state index in [4.69, 9.17) is 9.97 Å². The normalized spacial score (nSPS) is 13.5. The molecule has 1 aliphatic rings. The lowest BCUT2D eigenvalue weighted by atomic mass is 10.1. The number of nitrogens with zero attached hydrogens (tertiary/aromatic N) is 3. The van der Waals surface area contributed by atoms with Gasteiger partial charge in [0.1, 0.15) is 8.07 Å². The maximum absolute atomic E-state index is 5.33. The van der Waals surface area contributed by atoms with Crippen LogP contribution in [0.5, 0.6) is 0 Å². The average Bonchev–Trinajstić information content (AvgIpc) is 3.74. The van der Waals surface area contributed by atoms with E-state index in [-0.39, 0.29) is 0 Å². The Morgan fingerprint density at radius 3 is 2.09 bits per heavy atom. The first-order valence-corrected chi connectivity index (χ1v) is 19.9. The van der Waals surface area contributed by atoms with Gasteiger partial charge in [-0.1, -0.05) is 104 Å².